The van der Waals surface area contributed by atoms with Crippen molar-refractivity contribution in [1.29, 1.82) is 0 Å². The molecule has 0 spiro atoms. The normalized spacial score (nSPS) is 24.1. The molecule has 0 saturated heterocycles. The van der Waals surface area contributed by atoms with Crippen LogP contribution in [0.4, 0.5) is 4.39 Å². The molecular weight excluding hydrogens is 658 g/mol. The van der Waals surface area contributed by atoms with Gasteiger partial charge in [-0.2, -0.15) is 23.9 Å². The number of aliphatic hydroxyl groups is 1. The predicted molar refractivity (Wildman–Crippen MR) is 147 cm³/mol. The van der Waals surface area contributed by atoms with Crippen LogP contribution in [0.25, 0.3) is 33.3 Å². The van der Waals surface area contributed by atoms with E-state index >= 15 is 0 Å². The molecule has 3 unspecified atom stereocenters. The molecule has 3 aromatic carbocycles. The van der Waals surface area contributed by atoms with Gasteiger partial charge in [0.05, 0.1) is 5.76 Å². The summed E-state index contributed by atoms with van der Waals surface area (Å²) < 4.78 is 52.9. The molecular formula is C32H30FIrNO3-2. The SMILES string of the molecule is CC(=O)/C=C(/C)O.[2H]C([2H])([2H])c1[c-]c(C2[N-]C=Cc3cc(C4([2H])CCC(F)C4)ccc32)c2oc3ccccc3c2c1.[Ir]. The second-order valence-electron chi connectivity index (χ2n) is 9.49. The second-order valence-corrected chi connectivity index (χ2v) is 9.49. The van der Waals surface area contributed by atoms with Crippen molar-refractivity contribution in [3.63, 3.8) is 0 Å². The maximum Gasteiger partial charge on any atom is 0.155 e. The van der Waals surface area contributed by atoms with Gasteiger partial charge in [0.2, 0.25) is 0 Å². The Balaban J connectivity index is 0.000000454. The number of nitrogens with zero attached hydrogens (tertiary/aromatic N) is 1. The molecule has 1 aromatic heterocycles. The molecule has 38 heavy (non-hydrogen) atoms. The van der Waals surface area contributed by atoms with Gasteiger partial charge in [-0.3, -0.25) is 4.79 Å². The summed E-state index contributed by atoms with van der Waals surface area (Å²) in [6.45, 7) is 0.516. The van der Waals surface area contributed by atoms with Crippen LogP contribution in [0.2, 0.25) is 0 Å². The standard InChI is InChI=1S/C27H22FNO.C5H8O2.Ir/c1-16-12-23-22-4-2-3-5-25(22)30-27(23)24(13-16)26-21-9-7-17(14-19(21)10-11-29-26)18-6-8-20(28)15-18;1-4(6)3-5(2)7;/h2-5,7,9-12,14,18,20,26H,6,8,15H2,1H3;3,6H,1-2H3;/q-2;;/b;4-3-;/i1D3,18D;;. The summed E-state index contributed by atoms with van der Waals surface area (Å²) >= 11 is 0. The maximum atomic E-state index is 13.9. The molecule has 0 bridgehead atoms. The van der Waals surface area contributed by atoms with Crippen LogP contribution >= 0.6 is 0 Å². The first-order chi connectivity index (χ1) is 19.4. The van der Waals surface area contributed by atoms with Crippen LogP contribution in [0.15, 0.2) is 71.0 Å². The molecule has 4 aromatic rings. The molecule has 1 saturated carbocycles. The zero-order valence-electron chi connectivity index (χ0n) is 25.0. The van der Waals surface area contributed by atoms with Crippen LogP contribution < -0.4 is 0 Å². The number of hydrogen-bond acceptors (Lipinski definition) is 3. The molecule has 2 aliphatic rings. The Bertz CT molecular complexity index is 1690. The molecule has 3 atom stereocenters. The predicted octanol–water partition coefficient (Wildman–Crippen LogP) is 8.78. The molecule has 1 aliphatic carbocycles. The van der Waals surface area contributed by atoms with E-state index in [1.54, 1.807) is 12.3 Å². The van der Waals surface area contributed by atoms with Gasteiger partial charge in [-0.25, -0.2) is 4.39 Å². The van der Waals surface area contributed by atoms with Gasteiger partial charge in [0, 0.05) is 42.6 Å². The number of hydrogen-bond donors (Lipinski definition) is 1. The molecule has 1 aliphatic heterocycles. The number of aliphatic hydroxyl groups excluding tert-OH is 1. The van der Waals surface area contributed by atoms with Crippen LogP contribution in [0.1, 0.15) is 78.3 Å². The number of para-hydroxylation sites is 1. The summed E-state index contributed by atoms with van der Waals surface area (Å²) in [4.78, 5) is 10.0. The molecule has 0 amide bonds. The summed E-state index contributed by atoms with van der Waals surface area (Å²) in [5.41, 5.74) is 4.51. The fourth-order valence-corrected chi connectivity index (χ4v) is 5.05. The first kappa shape index (κ1) is 22.7. The van der Waals surface area contributed by atoms with Crippen molar-refractivity contribution in [3.05, 3.63) is 106 Å². The summed E-state index contributed by atoms with van der Waals surface area (Å²) in [6.07, 6.45) is 4.92. The van der Waals surface area contributed by atoms with Crippen molar-refractivity contribution in [2.75, 3.05) is 0 Å². The zero-order valence-corrected chi connectivity index (χ0v) is 23.4. The van der Waals surface area contributed by atoms with Crippen molar-refractivity contribution in [2.45, 2.75) is 58.1 Å². The van der Waals surface area contributed by atoms with E-state index in [-0.39, 0.29) is 43.6 Å². The number of rotatable bonds is 3. The number of allylic oxidation sites excluding steroid dienone is 2. The maximum absolute atomic E-state index is 13.9. The van der Waals surface area contributed by atoms with Crippen molar-refractivity contribution >= 4 is 33.8 Å². The van der Waals surface area contributed by atoms with E-state index in [1.165, 1.54) is 19.9 Å². The van der Waals surface area contributed by atoms with E-state index in [2.05, 4.69) is 11.4 Å². The van der Waals surface area contributed by atoms with E-state index in [1.807, 2.05) is 48.5 Å². The number of benzene rings is 3. The molecule has 1 fully saturated rings. The zero-order chi connectivity index (χ0) is 29.5. The Morgan fingerprint density at radius 2 is 2.03 bits per heavy atom. The molecule has 6 heteroatoms. The van der Waals surface area contributed by atoms with Gasteiger partial charge < -0.3 is 14.8 Å². The topological polar surface area (TPSA) is 64.5 Å². The summed E-state index contributed by atoms with van der Waals surface area (Å²) in [6, 6.07) is 17.6. The van der Waals surface area contributed by atoms with Gasteiger partial charge in [-0.1, -0.05) is 66.3 Å². The first-order valence-electron chi connectivity index (χ1n) is 14.3. The number of fused-ring (bicyclic) bond motifs is 4. The third kappa shape index (κ3) is 5.77. The smallest absolute Gasteiger partial charge is 0.155 e. The number of carbonyl (C=O) groups excluding carboxylic acids is 1. The van der Waals surface area contributed by atoms with Crippen LogP contribution in [-0.2, 0) is 24.9 Å². The van der Waals surface area contributed by atoms with E-state index in [4.69, 9.17) is 15.0 Å². The van der Waals surface area contributed by atoms with Crippen LogP contribution in [0.3, 0.4) is 0 Å². The van der Waals surface area contributed by atoms with Gasteiger partial charge in [0.25, 0.3) is 0 Å². The number of carbonyl (C=O) groups is 1. The minimum Gasteiger partial charge on any atom is -0.682 e. The van der Waals surface area contributed by atoms with Gasteiger partial charge in [0.1, 0.15) is 11.8 Å². The average Bonchev–Trinajstić information content (AvgIpc) is 3.46. The quantitative estimate of drug-likeness (QED) is 0.133. The van der Waals surface area contributed by atoms with Gasteiger partial charge in [-0.15, -0.1) is 5.56 Å². The summed E-state index contributed by atoms with van der Waals surface area (Å²) in [5.74, 6) is -0.987. The van der Waals surface area contributed by atoms with Crippen molar-refractivity contribution in [2.24, 2.45) is 0 Å². The molecule has 199 valence electrons. The van der Waals surface area contributed by atoms with Crippen molar-refractivity contribution in [1.82, 2.24) is 0 Å². The minimum absolute atomic E-state index is 0. The number of aryl methyl sites for hydroxylation is 1. The summed E-state index contributed by atoms with van der Waals surface area (Å²) in [7, 11) is 0. The number of alkyl halides is 1. The number of furan rings is 1. The Morgan fingerprint density at radius 3 is 2.71 bits per heavy atom. The second kappa shape index (κ2) is 11.7. The summed E-state index contributed by atoms with van der Waals surface area (Å²) in [5, 5.41) is 14.6. The van der Waals surface area contributed by atoms with E-state index < -0.39 is 25.0 Å². The van der Waals surface area contributed by atoms with Crippen LogP contribution in [0.5, 0.6) is 0 Å². The largest absolute Gasteiger partial charge is 0.682 e. The number of ketones is 1. The van der Waals surface area contributed by atoms with Crippen LogP contribution in [0, 0.1) is 12.9 Å². The minimum atomic E-state index is -2.33. The first-order valence-corrected chi connectivity index (χ1v) is 12.3. The fourth-order valence-electron chi connectivity index (χ4n) is 5.05. The third-order valence-corrected chi connectivity index (χ3v) is 6.63. The average molecular weight is 692 g/mol. The van der Waals surface area contributed by atoms with E-state index in [0.717, 1.165) is 27.5 Å². The van der Waals surface area contributed by atoms with E-state index in [0.29, 0.717) is 29.6 Å². The molecule has 6 rings (SSSR count). The van der Waals surface area contributed by atoms with Crippen molar-refractivity contribution < 1.29 is 44.3 Å². The van der Waals surface area contributed by atoms with Crippen molar-refractivity contribution in [3.8, 4) is 0 Å². The monoisotopic (exact) mass is 692 g/mol. The number of halogens is 1. The molecule has 4 nitrogen and oxygen atoms in total. The van der Waals surface area contributed by atoms with E-state index in [9.17, 15) is 9.18 Å². The molecule has 1 radical (unpaired) electrons. The fraction of sp³-hybridized carbons (Fsp3) is 0.281. The molecule has 1 N–H and O–H groups in total. The van der Waals surface area contributed by atoms with Gasteiger partial charge in [0.15, 0.2) is 5.78 Å². The Labute approximate surface area is 241 Å². The Kier molecular flexibility index (Phi) is 6.99. The molecule has 2 heterocycles. The van der Waals surface area contributed by atoms with Gasteiger partial charge >= 0.3 is 0 Å². The van der Waals surface area contributed by atoms with Gasteiger partial charge in [-0.05, 0) is 56.2 Å². The Hall–Kier alpha value is -3.21. The third-order valence-electron chi connectivity index (χ3n) is 6.63. The van der Waals surface area contributed by atoms with Crippen LogP contribution in [-0.4, -0.2) is 17.1 Å². The Morgan fingerprint density at radius 1 is 1.21 bits per heavy atom.